The van der Waals surface area contributed by atoms with Crippen molar-refractivity contribution in [1.82, 2.24) is 19.1 Å². The molecule has 152 valence electrons. The largest absolute Gasteiger partial charge is 0.353 e. The molecule has 1 saturated heterocycles. The first-order valence-electron chi connectivity index (χ1n) is 10.7. The lowest BCUT2D eigenvalue weighted by Crippen LogP contribution is -2.47. The van der Waals surface area contributed by atoms with Crippen LogP contribution in [0, 0.1) is 5.92 Å². The smallest absolute Gasteiger partial charge is 0.150 e. The van der Waals surface area contributed by atoms with Crippen molar-refractivity contribution in [2.75, 3.05) is 37.6 Å². The van der Waals surface area contributed by atoms with E-state index in [-0.39, 0.29) is 0 Å². The third-order valence-electron chi connectivity index (χ3n) is 6.69. The van der Waals surface area contributed by atoms with Crippen LogP contribution in [-0.2, 0) is 13.5 Å². The van der Waals surface area contributed by atoms with E-state index in [2.05, 4.69) is 52.8 Å². The van der Waals surface area contributed by atoms with Crippen molar-refractivity contribution in [2.45, 2.75) is 25.7 Å². The minimum atomic E-state index is 0.584. The Labute approximate surface area is 176 Å². The van der Waals surface area contributed by atoms with Crippen molar-refractivity contribution in [1.29, 1.82) is 0 Å². The van der Waals surface area contributed by atoms with Crippen LogP contribution in [0.15, 0.2) is 37.0 Å². The molecule has 3 aromatic rings. The molecule has 2 aromatic heterocycles. The van der Waals surface area contributed by atoms with E-state index in [0.29, 0.717) is 5.92 Å². The Morgan fingerprint density at radius 2 is 2.00 bits per heavy atom. The van der Waals surface area contributed by atoms with Gasteiger partial charge in [0.2, 0.25) is 0 Å². The number of allylic oxidation sites excluding steroid dienone is 1. The van der Waals surface area contributed by atoms with E-state index in [1.807, 2.05) is 10.9 Å². The predicted octanol–water partition coefficient (Wildman–Crippen LogP) is 4.21. The first-order chi connectivity index (χ1) is 14.2. The molecule has 0 bridgehead atoms. The van der Waals surface area contributed by atoms with Crippen molar-refractivity contribution in [3.8, 4) is 0 Å². The van der Waals surface area contributed by atoms with Crippen LogP contribution in [0.1, 0.15) is 30.5 Å². The van der Waals surface area contributed by atoms with Gasteiger partial charge in [0.05, 0.1) is 10.9 Å². The highest BCUT2D eigenvalue weighted by molar-refractivity contribution is 7.13. The number of anilines is 1. The molecule has 5 nitrogen and oxygen atoms in total. The highest BCUT2D eigenvalue weighted by atomic mass is 32.1. The lowest BCUT2D eigenvalue weighted by atomic mass is 9.90. The van der Waals surface area contributed by atoms with E-state index >= 15 is 0 Å². The maximum atomic E-state index is 4.74. The maximum absolute atomic E-state index is 4.74. The van der Waals surface area contributed by atoms with Gasteiger partial charge in [0.25, 0.3) is 0 Å². The van der Waals surface area contributed by atoms with Gasteiger partial charge in [0.1, 0.15) is 5.82 Å². The summed E-state index contributed by atoms with van der Waals surface area (Å²) in [5.74, 6) is 1.76. The average Bonchev–Trinajstić information content (AvgIpc) is 3.30. The third-order valence-corrected chi connectivity index (χ3v) is 7.51. The number of aromatic nitrogens is 3. The SMILES string of the molecule is C=C1c2cnn(C)c2CCCC1CCN1CCN(c2nsc3ccccc23)CC1. The molecule has 3 heterocycles. The second-order valence-corrected chi connectivity index (χ2v) is 9.17. The van der Waals surface area contributed by atoms with Crippen molar-refractivity contribution < 1.29 is 0 Å². The summed E-state index contributed by atoms with van der Waals surface area (Å²) in [6, 6.07) is 8.58. The molecule has 1 unspecified atom stereocenters. The van der Waals surface area contributed by atoms with E-state index in [4.69, 9.17) is 4.37 Å². The highest BCUT2D eigenvalue weighted by Gasteiger charge is 2.25. The maximum Gasteiger partial charge on any atom is 0.150 e. The van der Waals surface area contributed by atoms with Gasteiger partial charge in [0.15, 0.2) is 0 Å². The second kappa shape index (κ2) is 7.92. The number of fused-ring (bicyclic) bond motifs is 2. The minimum Gasteiger partial charge on any atom is -0.353 e. The molecular weight excluding hydrogens is 378 g/mol. The van der Waals surface area contributed by atoms with E-state index in [9.17, 15) is 0 Å². The topological polar surface area (TPSA) is 37.2 Å². The van der Waals surface area contributed by atoms with Crippen LogP contribution in [0.2, 0.25) is 0 Å². The summed E-state index contributed by atoms with van der Waals surface area (Å²) in [6.07, 6.45) is 6.83. The molecule has 2 aliphatic rings. The number of piperazine rings is 1. The van der Waals surface area contributed by atoms with E-state index in [1.165, 1.54) is 52.0 Å². The van der Waals surface area contributed by atoms with Crippen LogP contribution >= 0.6 is 11.5 Å². The van der Waals surface area contributed by atoms with Crippen LogP contribution in [0.3, 0.4) is 0 Å². The Balaban J connectivity index is 1.18. The molecule has 1 fully saturated rings. The molecule has 1 aliphatic carbocycles. The molecule has 29 heavy (non-hydrogen) atoms. The number of nitrogens with zero attached hydrogens (tertiary/aromatic N) is 5. The van der Waals surface area contributed by atoms with Crippen molar-refractivity contribution >= 4 is 33.0 Å². The summed E-state index contributed by atoms with van der Waals surface area (Å²) in [6.45, 7) is 9.97. The van der Waals surface area contributed by atoms with Gasteiger partial charge < -0.3 is 4.90 Å². The first-order valence-corrected chi connectivity index (χ1v) is 11.5. The van der Waals surface area contributed by atoms with Gasteiger partial charge in [0, 0.05) is 49.9 Å². The molecule has 0 N–H and O–H groups in total. The standard InChI is InChI=1S/C23H29N5S/c1-17-18(6-5-8-21-20(17)16-24-26(21)2)10-11-27-12-14-28(15-13-27)23-19-7-3-4-9-22(19)29-25-23/h3-4,7,9,16,18H,1,5-6,8,10-15H2,2H3. The van der Waals surface area contributed by atoms with Crippen LogP contribution in [0.4, 0.5) is 5.82 Å². The monoisotopic (exact) mass is 407 g/mol. The summed E-state index contributed by atoms with van der Waals surface area (Å²) >= 11 is 1.61. The van der Waals surface area contributed by atoms with E-state index in [0.717, 1.165) is 39.1 Å². The van der Waals surface area contributed by atoms with Gasteiger partial charge in [-0.1, -0.05) is 18.7 Å². The lowest BCUT2D eigenvalue weighted by molar-refractivity contribution is 0.244. The Morgan fingerprint density at radius 1 is 1.17 bits per heavy atom. The van der Waals surface area contributed by atoms with Gasteiger partial charge in [-0.15, -0.1) is 0 Å². The molecule has 0 radical (unpaired) electrons. The molecule has 5 rings (SSSR count). The van der Waals surface area contributed by atoms with Crippen molar-refractivity contribution in [3.63, 3.8) is 0 Å². The zero-order valence-corrected chi connectivity index (χ0v) is 18.0. The third kappa shape index (κ3) is 3.60. The summed E-state index contributed by atoms with van der Waals surface area (Å²) in [5.41, 5.74) is 3.97. The molecule has 1 aromatic carbocycles. The van der Waals surface area contributed by atoms with E-state index < -0.39 is 0 Å². The molecule has 1 aliphatic heterocycles. The average molecular weight is 408 g/mol. The molecule has 0 amide bonds. The Morgan fingerprint density at radius 3 is 2.86 bits per heavy atom. The van der Waals surface area contributed by atoms with Crippen LogP contribution in [-0.4, -0.2) is 51.8 Å². The minimum absolute atomic E-state index is 0.584. The van der Waals surface area contributed by atoms with Gasteiger partial charge in [-0.3, -0.25) is 9.58 Å². The fourth-order valence-corrected chi connectivity index (χ4v) is 5.67. The zero-order chi connectivity index (χ0) is 19.8. The van der Waals surface area contributed by atoms with Gasteiger partial charge in [-0.25, -0.2) is 0 Å². The fourth-order valence-electron chi connectivity index (χ4n) is 4.88. The number of hydrogen-bond donors (Lipinski definition) is 0. The molecule has 6 heteroatoms. The number of benzene rings is 1. The number of rotatable bonds is 4. The van der Waals surface area contributed by atoms with Gasteiger partial charge in [-0.2, -0.15) is 9.47 Å². The Kier molecular flexibility index (Phi) is 5.14. The lowest BCUT2D eigenvalue weighted by Gasteiger charge is -2.35. The van der Waals surface area contributed by atoms with Crippen LogP contribution in [0.25, 0.3) is 15.7 Å². The summed E-state index contributed by atoms with van der Waals surface area (Å²) in [7, 11) is 2.05. The molecule has 0 spiro atoms. The van der Waals surface area contributed by atoms with Crippen LogP contribution < -0.4 is 4.90 Å². The van der Waals surface area contributed by atoms with E-state index in [1.54, 1.807) is 11.5 Å². The quantitative estimate of drug-likeness (QED) is 0.607. The Hall–Kier alpha value is -2.18. The Bertz CT molecular complexity index is 1010. The molecule has 0 saturated carbocycles. The number of hydrogen-bond acceptors (Lipinski definition) is 5. The first kappa shape index (κ1) is 18.8. The van der Waals surface area contributed by atoms with Crippen molar-refractivity contribution in [2.24, 2.45) is 13.0 Å². The summed E-state index contributed by atoms with van der Waals surface area (Å²) in [5, 5.41) is 5.76. The summed E-state index contributed by atoms with van der Waals surface area (Å²) < 4.78 is 8.05. The van der Waals surface area contributed by atoms with Gasteiger partial charge in [-0.05, 0) is 67.4 Å². The van der Waals surface area contributed by atoms with Crippen molar-refractivity contribution in [3.05, 3.63) is 48.3 Å². The van der Waals surface area contributed by atoms with Gasteiger partial charge >= 0.3 is 0 Å². The predicted molar refractivity (Wildman–Crippen MR) is 122 cm³/mol. The summed E-state index contributed by atoms with van der Waals surface area (Å²) in [4.78, 5) is 5.08. The molecular formula is C23H29N5S. The zero-order valence-electron chi connectivity index (χ0n) is 17.2. The normalized spacial score (nSPS) is 20.8. The fraction of sp³-hybridized carbons (Fsp3) is 0.478. The van der Waals surface area contributed by atoms with Crippen LogP contribution in [0.5, 0.6) is 0 Å². The second-order valence-electron chi connectivity index (χ2n) is 8.36. The molecule has 1 atom stereocenters. The highest BCUT2D eigenvalue weighted by Crippen LogP contribution is 2.35. The number of aryl methyl sites for hydroxylation is 1.